The van der Waals surface area contributed by atoms with Crippen LogP contribution in [0.25, 0.3) is 0 Å². The van der Waals surface area contributed by atoms with E-state index in [-0.39, 0.29) is 11.9 Å². The third kappa shape index (κ3) is 5.27. The van der Waals surface area contributed by atoms with Crippen LogP contribution in [0.15, 0.2) is 0 Å². The van der Waals surface area contributed by atoms with E-state index in [2.05, 4.69) is 0 Å². The molecule has 0 saturated carbocycles. The van der Waals surface area contributed by atoms with Crippen LogP contribution in [0, 0.1) is 0 Å². The average Bonchev–Trinajstić information content (AvgIpc) is 2.05. The summed E-state index contributed by atoms with van der Waals surface area (Å²) in [7, 11) is 1.64. The molecule has 0 aliphatic heterocycles. The Morgan fingerprint density at radius 1 is 1.50 bits per heavy atom. The number of ketones is 1. The maximum absolute atomic E-state index is 11.2. The van der Waals surface area contributed by atoms with E-state index in [1.54, 1.807) is 14.0 Å². The highest BCUT2D eigenvalue weighted by Crippen LogP contribution is 1.99. The van der Waals surface area contributed by atoms with Gasteiger partial charge in [-0.1, -0.05) is 0 Å². The molecule has 3 heteroatoms. The summed E-state index contributed by atoms with van der Waals surface area (Å²) in [4.78, 5) is 11.2. The van der Waals surface area contributed by atoms with Gasteiger partial charge in [0.25, 0.3) is 0 Å². The Morgan fingerprint density at radius 3 is 2.67 bits per heavy atom. The van der Waals surface area contributed by atoms with Crippen molar-refractivity contribution >= 4 is 5.78 Å². The number of hydrogen-bond acceptors (Lipinski definition) is 3. The Bertz CT molecular complexity index is 123. The standard InChI is InChI=1S/C9H18O3/c1-4-12-8(2)9(10)6-5-7-11-3/h8H,4-7H2,1-3H3. The number of ether oxygens (including phenoxy) is 2. The lowest BCUT2D eigenvalue weighted by atomic mass is 10.1. The van der Waals surface area contributed by atoms with Crippen LogP contribution in [-0.4, -0.2) is 32.2 Å². The van der Waals surface area contributed by atoms with Crippen LogP contribution in [-0.2, 0) is 14.3 Å². The molecule has 0 saturated heterocycles. The van der Waals surface area contributed by atoms with Gasteiger partial charge in [0.1, 0.15) is 6.10 Å². The van der Waals surface area contributed by atoms with Gasteiger partial charge in [0.15, 0.2) is 5.78 Å². The SMILES string of the molecule is CCOC(C)C(=O)CCCOC. The molecular formula is C9H18O3. The zero-order chi connectivity index (χ0) is 9.40. The summed E-state index contributed by atoms with van der Waals surface area (Å²) in [6.45, 7) is 4.92. The number of Topliss-reactive ketones (excluding diaryl/α,β-unsaturated/α-hetero) is 1. The zero-order valence-electron chi connectivity index (χ0n) is 8.13. The topological polar surface area (TPSA) is 35.5 Å². The van der Waals surface area contributed by atoms with Crippen LogP contribution in [0.5, 0.6) is 0 Å². The third-order valence-corrected chi connectivity index (χ3v) is 1.64. The zero-order valence-corrected chi connectivity index (χ0v) is 8.13. The van der Waals surface area contributed by atoms with Gasteiger partial charge < -0.3 is 9.47 Å². The van der Waals surface area contributed by atoms with Crippen molar-refractivity contribution in [3.8, 4) is 0 Å². The summed E-state index contributed by atoms with van der Waals surface area (Å²) in [5, 5.41) is 0. The molecule has 0 spiro atoms. The highest BCUT2D eigenvalue weighted by atomic mass is 16.5. The van der Waals surface area contributed by atoms with Crippen molar-refractivity contribution in [2.45, 2.75) is 32.8 Å². The molecule has 0 rings (SSSR count). The Labute approximate surface area is 74.0 Å². The normalized spacial score (nSPS) is 12.9. The smallest absolute Gasteiger partial charge is 0.161 e. The summed E-state index contributed by atoms with van der Waals surface area (Å²) in [5.41, 5.74) is 0. The molecule has 1 unspecified atom stereocenters. The van der Waals surface area contributed by atoms with E-state index in [0.717, 1.165) is 6.42 Å². The molecule has 0 aromatic rings. The molecule has 0 aromatic carbocycles. The molecule has 12 heavy (non-hydrogen) atoms. The third-order valence-electron chi connectivity index (χ3n) is 1.64. The van der Waals surface area contributed by atoms with Gasteiger partial charge >= 0.3 is 0 Å². The van der Waals surface area contributed by atoms with Crippen molar-refractivity contribution < 1.29 is 14.3 Å². The molecule has 0 heterocycles. The van der Waals surface area contributed by atoms with Crippen LogP contribution in [0.3, 0.4) is 0 Å². The van der Waals surface area contributed by atoms with E-state index >= 15 is 0 Å². The second-order valence-electron chi connectivity index (χ2n) is 2.66. The van der Waals surface area contributed by atoms with Gasteiger partial charge in [0, 0.05) is 26.7 Å². The van der Waals surface area contributed by atoms with Gasteiger partial charge in [-0.3, -0.25) is 4.79 Å². The lowest BCUT2D eigenvalue weighted by Gasteiger charge is -2.09. The van der Waals surface area contributed by atoms with Crippen LogP contribution in [0.1, 0.15) is 26.7 Å². The molecular weight excluding hydrogens is 156 g/mol. The van der Waals surface area contributed by atoms with Gasteiger partial charge in [0.05, 0.1) is 0 Å². The quantitative estimate of drug-likeness (QED) is 0.547. The second kappa shape index (κ2) is 7.25. The van der Waals surface area contributed by atoms with Crippen molar-refractivity contribution in [3.63, 3.8) is 0 Å². The highest BCUT2D eigenvalue weighted by molar-refractivity contribution is 5.82. The van der Waals surface area contributed by atoms with Crippen molar-refractivity contribution in [1.82, 2.24) is 0 Å². The first-order chi connectivity index (χ1) is 5.72. The maximum Gasteiger partial charge on any atom is 0.161 e. The van der Waals surface area contributed by atoms with Crippen LogP contribution >= 0.6 is 0 Å². The molecule has 0 fully saturated rings. The number of rotatable bonds is 7. The summed E-state index contributed by atoms with van der Waals surface area (Å²) in [6.07, 6.45) is 1.08. The lowest BCUT2D eigenvalue weighted by Crippen LogP contribution is -2.20. The van der Waals surface area contributed by atoms with Gasteiger partial charge in [0.2, 0.25) is 0 Å². The molecule has 0 radical (unpaired) electrons. The Hall–Kier alpha value is -0.410. The van der Waals surface area contributed by atoms with E-state index in [4.69, 9.17) is 9.47 Å². The number of carbonyl (C=O) groups is 1. The first kappa shape index (κ1) is 11.6. The molecule has 0 aliphatic rings. The Kier molecular flexibility index (Phi) is 7.00. The number of hydrogen-bond donors (Lipinski definition) is 0. The summed E-state index contributed by atoms with van der Waals surface area (Å²) in [6, 6.07) is 0. The minimum atomic E-state index is -0.258. The number of carbonyl (C=O) groups excluding carboxylic acids is 1. The molecule has 0 N–H and O–H groups in total. The molecule has 0 bridgehead atoms. The number of methoxy groups -OCH3 is 1. The maximum atomic E-state index is 11.2. The summed E-state index contributed by atoms with van der Waals surface area (Å²) < 4.78 is 9.98. The van der Waals surface area contributed by atoms with Crippen molar-refractivity contribution in [2.24, 2.45) is 0 Å². The van der Waals surface area contributed by atoms with E-state index in [0.29, 0.717) is 19.6 Å². The van der Waals surface area contributed by atoms with E-state index in [1.807, 2.05) is 6.92 Å². The fourth-order valence-corrected chi connectivity index (χ4v) is 0.937. The van der Waals surface area contributed by atoms with Gasteiger partial charge in [-0.2, -0.15) is 0 Å². The fraction of sp³-hybridized carbons (Fsp3) is 0.889. The molecule has 3 nitrogen and oxygen atoms in total. The predicted molar refractivity (Wildman–Crippen MR) is 47.2 cm³/mol. The lowest BCUT2D eigenvalue weighted by molar-refractivity contribution is -0.129. The molecule has 0 aliphatic carbocycles. The molecule has 1 atom stereocenters. The first-order valence-corrected chi connectivity index (χ1v) is 4.35. The Morgan fingerprint density at radius 2 is 2.17 bits per heavy atom. The second-order valence-corrected chi connectivity index (χ2v) is 2.66. The molecule has 0 amide bonds. The first-order valence-electron chi connectivity index (χ1n) is 4.35. The van der Waals surface area contributed by atoms with Crippen LogP contribution < -0.4 is 0 Å². The van der Waals surface area contributed by atoms with E-state index < -0.39 is 0 Å². The summed E-state index contributed by atoms with van der Waals surface area (Å²) >= 11 is 0. The largest absolute Gasteiger partial charge is 0.385 e. The van der Waals surface area contributed by atoms with Crippen molar-refractivity contribution in [1.29, 1.82) is 0 Å². The molecule has 72 valence electrons. The Balaban J connectivity index is 3.43. The minimum Gasteiger partial charge on any atom is -0.385 e. The van der Waals surface area contributed by atoms with Crippen molar-refractivity contribution in [2.75, 3.05) is 20.3 Å². The van der Waals surface area contributed by atoms with E-state index in [9.17, 15) is 4.79 Å². The highest BCUT2D eigenvalue weighted by Gasteiger charge is 2.11. The monoisotopic (exact) mass is 174 g/mol. The van der Waals surface area contributed by atoms with Crippen LogP contribution in [0.4, 0.5) is 0 Å². The average molecular weight is 174 g/mol. The van der Waals surface area contributed by atoms with E-state index in [1.165, 1.54) is 0 Å². The minimum absolute atomic E-state index is 0.161. The predicted octanol–water partition coefficient (Wildman–Crippen LogP) is 1.41. The molecule has 0 aromatic heterocycles. The fourth-order valence-electron chi connectivity index (χ4n) is 0.937. The van der Waals surface area contributed by atoms with Crippen LogP contribution in [0.2, 0.25) is 0 Å². The van der Waals surface area contributed by atoms with Crippen molar-refractivity contribution in [3.05, 3.63) is 0 Å². The summed E-state index contributed by atoms with van der Waals surface area (Å²) in [5.74, 6) is 0.161. The van der Waals surface area contributed by atoms with Gasteiger partial charge in [-0.05, 0) is 20.3 Å². The van der Waals surface area contributed by atoms with Gasteiger partial charge in [-0.25, -0.2) is 0 Å². The van der Waals surface area contributed by atoms with Gasteiger partial charge in [-0.15, -0.1) is 0 Å².